The molecule has 0 bridgehead atoms. The molecule has 0 amide bonds. The van der Waals surface area contributed by atoms with Gasteiger partial charge in [-0.3, -0.25) is 0 Å². The summed E-state index contributed by atoms with van der Waals surface area (Å²) in [5.41, 5.74) is -4.53. The Morgan fingerprint density at radius 2 is 1.71 bits per heavy atom. The number of halogens is 3. The van der Waals surface area contributed by atoms with Crippen LogP contribution in [0.15, 0.2) is 35.7 Å². The van der Waals surface area contributed by atoms with Gasteiger partial charge in [-0.1, -0.05) is 56.5 Å². The van der Waals surface area contributed by atoms with Crippen LogP contribution in [0.1, 0.15) is 44.6 Å². The van der Waals surface area contributed by atoms with E-state index in [1.807, 2.05) is 6.92 Å². The molecule has 21 heavy (non-hydrogen) atoms. The Balaban J connectivity index is 3.03. The molecule has 1 rings (SSSR count). The molecule has 0 aliphatic rings. The Labute approximate surface area is 123 Å². The summed E-state index contributed by atoms with van der Waals surface area (Å²) in [5.74, 6) is 0. The maximum atomic E-state index is 12.5. The summed E-state index contributed by atoms with van der Waals surface area (Å²) in [7, 11) is -5.25. The molecule has 0 atom stereocenters. The van der Waals surface area contributed by atoms with Crippen molar-refractivity contribution < 1.29 is 21.6 Å². The lowest BCUT2D eigenvalue weighted by Gasteiger charge is -2.10. The van der Waals surface area contributed by atoms with Crippen LogP contribution in [0.3, 0.4) is 0 Å². The predicted molar refractivity (Wildman–Crippen MR) is 78.2 cm³/mol. The van der Waals surface area contributed by atoms with Crippen molar-refractivity contribution in [1.82, 2.24) is 0 Å². The minimum absolute atomic E-state index is 0.212. The summed E-state index contributed by atoms with van der Waals surface area (Å²) >= 11 is 0. The molecule has 118 valence electrons. The van der Waals surface area contributed by atoms with Gasteiger partial charge in [-0.2, -0.15) is 13.2 Å². The minimum Gasteiger partial charge on any atom is -0.215 e. The van der Waals surface area contributed by atoms with Crippen LogP contribution in [0.2, 0.25) is 0 Å². The zero-order chi connectivity index (χ0) is 15.9. The SMILES string of the molecule is CCCCCC/C(=C/S(=O)(=O)C(F)(F)F)c1ccccc1. The fourth-order valence-corrected chi connectivity index (χ4v) is 2.68. The summed E-state index contributed by atoms with van der Waals surface area (Å²) < 4.78 is 60.2. The lowest BCUT2D eigenvalue weighted by Crippen LogP contribution is -2.20. The standard InChI is InChI=1S/C15H19F3O2S/c1-2-3-4-6-11-14(13-9-7-5-8-10-13)12-21(19,20)15(16,17)18/h5,7-10,12H,2-4,6,11H2,1H3/b14-12-. The van der Waals surface area contributed by atoms with E-state index in [4.69, 9.17) is 0 Å². The Kier molecular flexibility index (Phi) is 6.45. The van der Waals surface area contributed by atoms with Gasteiger partial charge in [-0.05, 0) is 24.0 Å². The van der Waals surface area contributed by atoms with Crippen molar-refractivity contribution in [2.24, 2.45) is 0 Å². The molecule has 0 heterocycles. The quantitative estimate of drug-likeness (QED) is 0.667. The molecule has 0 aliphatic carbocycles. The van der Waals surface area contributed by atoms with Gasteiger partial charge in [-0.25, -0.2) is 8.42 Å². The van der Waals surface area contributed by atoms with E-state index in [-0.39, 0.29) is 5.57 Å². The molecular formula is C15H19F3O2S. The molecule has 0 aliphatic heterocycles. The molecule has 0 radical (unpaired) electrons. The van der Waals surface area contributed by atoms with E-state index in [9.17, 15) is 21.6 Å². The molecule has 0 N–H and O–H groups in total. The fourth-order valence-electron chi connectivity index (χ4n) is 1.92. The van der Waals surface area contributed by atoms with Crippen molar-refractivity contribution >= 4 is 15.4 Å². The van der Waals surface area contributed by atoms with E-state index in [1.54, 1.807) is 30.3 Å². The van der Waals surface area contributed by atoms with Crippen LogP contribution >= 0.6 is 0 Å². The number of unbranched alkanes of at least 4 members (excludes halogenated alkanes) is 3. The Hall–Kier alpha value is -1.30. The van der Waals surface area contributed by atoms with Gasteiger partial charge in [0.15, 0.2) is 0 Å². The van der Waals surface area contributed by atoms with Gasteiger partial charge in [0.25, 0.3) is 9.84 Å². The van der Waals surface area contributed by atoms with E-state index in [0.717, 1.165) is 19.3 Å². The number of allylic oxidation sites excluding steroid dienone is 1. The summed E-state index contributed by atoms with van der Waals surface area (Å²) in [4.78, 5) is 0. The number of rotatable bonds is 7. The second-order valence-corrected chi connectivity index (χ2v) is 6.60. The van der Waals surface area contributed by atoms with Crippen LogP contribution in [0.25, 0.3) is 5.57 Å². The van der Waals surface area contributed by atoms with Crippen molar-refractivity contribution in [3.8, 4) is 0 Å². The highest BCUT2D eigenvalue weighted by Gasteiger charge is 2.44. The zero-order valence-electron chi connectivity index (χ0n) is 11.9. The van der Waals surface area contributed by atoms with Crippen LogP contribution in [0.5, 0.6) is 0 Å². The molecular weight excluding hydrogens is 301 g/mol. The van der Waals surface area contributed by atoms with E-state index in [0.29, 0.717) is 23.8 Å². The van der Waals surface area contributed by atoms with Gasteiger partial charge in [0, 0.05) is 5.41 Å². The fraction of sp³-hybridized carbons (Fsp3) is 0.467. The minimum atomic E-state index is -5.25. The highest BCUT2D eigenvalue weighted by molar-refractivity contribution is 7.95. The van der Waals surface area contributed by atoms with E-state index in [1.165, 1.54) is 0 Å². The smallest absolute Gasteiger partial charge is 0.215 e. The largest absolute Gasteiger partial charge is 0.501 e. The monoisotopic (exact) mass is 320 g/mol. The number of hydrogen-bond acceptors (Lipinski definition) is 2. The predicted octanol–water partition coefficient (Wildman–Crippen LogP) is 4.93. The van der Waals surface area contributed by atoms with Gasteiger partial charge in [0.1, 0.15) is 0 Å². The first-order valence-electron chi connectivity index (χ1n) is 6.85. The van der Waals surface area contributed by atoms with E-state index in [2.05, 4.69) is 0 Å². The Morgan fingerprint density at radius 3 is 2.24 bits per heavy atom. The molecule has 0 saturated heterocycles. The van der Waals surface area contributed by atoms with Crippen LogP contribution in [0.4, 0.5) is 13.2 Å². The van der Waals surface area contributed by atoms with Crippen LogP contribution in [-0.2, 0) is 9.84 Å². The van der Waals surface area contributed by atoms with Gasteiger partial charge in [0.05, 0.1) is 0 Å². The third kappa shape index (κ3) is 5.53. The third-order valence-electron chi connectivity index (χ3n) is 3.06. The molecule has 0 saturated carbocycles. The second kappa shape index (κ2) is 7.64. The van der Waals surface area contributed by atoms with Gasteiger partial charge < -0.3 is 0 Å². The molecule has 2 nitrogen and oxygen atoms in total. The zero-order valence-corrected chi connectivity index (χ0v) is 12.7. The highest BCUT2D eigenvalue weighted by atomic mass is 32.2. The highest BCUT2D eigenvalue weighted by Crippen LogP contribution is 2.30. The number of sulfone groups is 1. The summed E-state index contributed by atoms with van der Waals surface area (Å²) in [6, 6.07) is 8.33. The number of benzene rings is 1. The van der Waals surface area contributed by atoms with Crippen molar-refractivity contribution in [1.29, 1.82) is 0 Å². The average Bonchev–Trinajstić information content (AvgIpc) is 2.42. The van der Waals surface area contributed by atoms with Crippen molar-refractivity contribution in [2.75, 3.05) is 0 Å². The maximum Gasteiger partial charge on any atom is 0.501 e. The normalized spacial score (nSPS) is 13.4. The molecule has 1 aromatic rings. The molecule has 0 fully saturated rings. The number of alkyl halides is 3. The lowest BCUT2D eigenvalue weighted by atomic mass is 10.0. The van der Waals surface area contributed by atoms with Gasteiger partial charge in [-0.15, -0.1) is 0 Å². The summed E-state index contributed by atoms with van der Waals surface area (Å²) in [5, 5.41) is 0.369. The molecule has 0 aromatic heterocycles. The average molecular weight is 320 g/mol. The van der Waals surface area contributed by atoms with Crippen LogP contribution in [-0.4, -0.2) is 13.9 Å². The van der Waals surface area contributed by atoms with E-state index < -0.39 is 15.3 Å². The lowest BCUT2D eigenvalue weighted by molar-refractivity contribution is -0.0423. The second-order valence-electron chi connectivity index (χ2n) is 4.81. The number of hydrogen-bond donors (Lipinski definition) is 0. The van der Waals surface area contributed by atoms with Crippen LogP contribution < -0.4 is 0 Å². The molecule has 0 spiro atoms. The van der Waals surface area contributed by atoms with Crippen LogP contribution in [0, 0.1) is 0 Å². The van der Waals surface area contributed by atoms with Crippen molar-refractivity contribution in [2.45, 2.75) is 44.5 Å². The van der Waals surface area contributed by atoms with Gasteiger partial charge in [0.2, 0.25) is 0 Å². The Morgan fingerprint density at radius 1 is 1.10 bits per heavy atom. The summed E-state index contributed by atoms with van der Waals surface area (Å²) in [6.45, 7) is 2.03. The summed E-state index contributed by atoms with van der Waals surface area (Å²) in [6.07, 6.45) is 3.84. The first kappa shape index (κ1) is 17.8. The first-order valence-corrected chi connectivity index (χ1v) is 8.40. The van der Waals surface area contributed by atoms with Crippen molar-refractivity contribution in [3.63, 3.8) is 0 Å². The maximum absolute atomic E-state index is 12.5. The molecule has 0 unspecified atom stereocenters. The molecule has 6 heteroatoms. The Bertz CT molecular complexity index is 560. The third-order valence-corrected chi connectivity index (χ3v) is 4.30. The topological polar surface area (TPSA) is 34.1 Å². The van der Waals surface area contributed by atoms with E-state index >= 15 is 0 Å². The van der Waals surface area contributed by atoms with Gasteiger partial charge >= 0.3 is 5.51 Å². The molecule has 1 aromatic carbocycles. The van der Waals surface area contributed by atoms with Crippen molar-refractivity contribution in [3.05, 3.63) is 41.3 Å². The first-order chi connectivity index (χ1) is 9.78.